The molecule has 0 spiro atoms. The van der Waals surface area contributed by atoms with Crippen molar-refractivity contribution in [3.05, 3.63) is 77.5 Å². The van der Waals surface area contributed by atoms with Crippen LogP contribution in [0.3, 0.4) is 0 Å². The fraction of sp³-hybridized carbons (Fsp3) is 0.261. The van der Waals surface area contributed by atoms with Crippen LogP contribution in [0.2, 0.25) is 0 Å². The number of nitrogens with zero attached hydrogens (tertiary/aromatic N) is 1. The summed E-state index contributed by atoms with van der Waals surface area (Å²) in [6, 6.07) is 14.5. The highest BCUT2D eigenvalue weighted by molar-refractivity contribution is 5.70. The van der Waals surface area contributed by atoms with Gasteiger partial charge in [0, 0.05) is 17.3 Å². The molecule has 0 amide bonds. The Morgan fingerprint density at radius 2 is 1.42 bits per heavy atom. The molecule has 0 N–H and O–H groups in total. The van der Waals surface area contributed by atoms with Crippen LogP contribution in [0, 0.1) is 11.6 Å². The summed E-state index contributed by atoms with van der Waals surface area (Å²) in [5.74, 6) is -1.68. The fourth-order valence-corrected chi connectivity index (χ4v) is 3.00. The molecule has 134 valence electrons. The van der Waals surface area contributed by atoms with Crippen molar-refractivity contribution >= 4 is 0 Å². The zero-order chi connectivity index (χ0) is 18.5. The summed E-state index contributed by atoms with van der Waals surface area (Å²) in [5.41, 5.74) is 3.87. The number of hydrogen-bond donors (Lipinski definition) is 0. The van der Waals surface area contributed by atoms with Crippen molar-refractivity contribution < 1.29 is 8.78 Å². The van der Waals surface area contributed by atoms with Crippen LogP contribution in [-0.4, -0.2) is 4.98 Å². The number of rotatable bonds is 6. The van der Waals surface area contributed by atoms with Gasteiger partial charge in [-0.25, -0.2) is 8.78 Å². The van der Waals surface area contributed by atoms with E-state index in [0.717, 1.165) is 31.2 Å². The smallest absolute Gasteiger partial charge is 0.168 e. The van der Waals surface area contributed by atoms with Gasteiger partial charge in [-0.15, -0.1) is 0 Å². The van der Waals surface area contributed by atoms with Gasteiger partial charge in [-0.05, 0) is 48.1 Å². The average Bonchev–Trinajstić information content (AvgIpc) is 2.69. The highest BCUT2D eigenvalue weighted by atomic mass is 19.2. The highest BCUT2D eigenvalue weighted by Crippen LogP contribution is 2.31. The van der Waals surface area contributed by atoms with E-state index >= 15 is 0 Å². The molecule has 2 aromatic carbocycles. The second kappa shape index (κ2) is 8.22. The van der Waals surface area contributed by atoms with Gasteiger partial charge < -0.3 is 0 Å². The van der Waals surface area contributed by atoms with Gasteiger partial charge in [0.05, 0.1) is 5.69 Å². The molecular formula is C23H23F2N. The van der Waals surface area contributed by atoms with Gasteiger partial charge in [-0.3, -0.25) is 4.98 Å². The summed E-state index contributed by atoms with van der Waals surface area (Å²) in [6.45, 7) is 4.20. The number of aryl methyl sites for hydroxylation is 2. The number of benzene rings is 2. The van der Waals surface area contributed by atoms with E-state index in [9.17, 15) is 8.78 Å². The van der Waals surface area contributed by atoms with Crippen molar-refractivity contribution in [2.45, 2.75) is 39.5 Å². The van der Waals surface area contributed by atoms with E-state index in [1.54, 1.807) is 24.4 Å². The van der Waals surface area contributed by atoms with E-state index in [4.69, 9.17) is 0 Å². The Hall–Kier alpha value is -2.55. The lowest BCUT2D eigenvalue weighted by molar-refractivity contribution is 0.513. The Morgan fingerprint density at radius 3 is 2.04 bits per heavy atom. The zero-order valence-electron chi connectivity index (χ0n) is 15.2. The molecule has 3 rings (SSSR count). The zero-order valence-corrected chi connectivity index (χ0v) is 15.2. The first-order valence-electron chi connectivity index (χ1n) is 9.16. The molecule has 3 aromatic rings. The van der Waals surface area contributed by atoms with Gasteiger partial charge in [0.25, 0.3) is 0 Å². The van der Waals surface area contributed by atoms with Crippen LogP contribution in [0.25, 0.3) is 22.4 Å². The number of unbranched alkanes of at least 4 members (excludes halogenated alkanes) is 1. The molecule has 3 heteroatoms. The quantitative estimate of drug-likeness (QED) is 0.487. The summed E-state index contributed by atoms with van der Waals surface area (Å²) < 4.78 is 29.3. The molecular weight excluding hydrogens is 328 g/mol. The Morgan fingerprint density at radius 1 is 0.769 bits per heavy atom. The second-order valence-electron chi connectivity index (χ2n) is 6.49. The molecule has 0 unspecified atom stereocenters. The summed E-state index contributed by atoms with van der Waals surface area (Å²) in [7, 11) is 0. The van der Waals surface area contributed by atoms with Gasteiger partial charge >= 0.3 is 0 Å². The van der Waals surface area contributed by atoms with Crippen molar-refractivity contribution in [3.8, 4) is 22.4 Å². The Balaban J connectivity index is 1.91. The summed E-state index contributed by atoms with van der Waals surface area (Å²) >= 11 is 0. The van der Waals surface area contributed by atoms with E-state index in [-0.39, 0.29) is 11.1 Å². The lowest BCUT2D eigenvalue weighted by Gasteiger charge is -2.10. The van der Waals surface area contributed by atoms with E-state index in [1.807, 2.05) is 30.3 Å². The third kappa shape index (κ3) is 3.82. The molecule has 0 radical (unpaired) electrons. The van der Waals surface area contributed by atoms with Crippen LogP contribution in [0.5, 0.6) is 0 Å². The summed E-state index contributed by atoms with van der Waals surface area (Å²) in [6.07, 6.45) is 5.82. The van der Waals surface area contributed by atoms with E-state index < -0.39 is 11.6 Å². The number of hydrogen-bond acceptors (Lipinski definition) is 1. The van der Waals surface area contributed by atoms with Crippen molar-refractivity contribution in [1.82, 2.24) is 4.98 Å². The first-order valence-corrected chi connectivity index (χ1v) is 9.16. The second-order valence-corrected chi connectivity index (χ2v) is 6.49. The third-order valence-corrected chi connectivity index (χ3v) is 4.68. The SMILES string of the molecule is CCCCc1ccc(-c2ccc(-c3ccc(CC)cc3)c(F)c2F)nc1. The van der Waals surface area contributed by atoms with E-state index in [2.05, 4.69) is 18.8 Å². The van der Waals surface area contributed by atoms with Crippen LogP contribution >= 0.6 is 0 Å². The maximum absolute atomic E-state index is 14.7. The molecule has 0 atom stereocenters. The Kier molecular flexibility index (Phi) is 5.77. The first kappa shape index (κ1) is 18.2. The first-order chi connectivity index (χ1) is 12.6. The predicted molar refractivity (Wildman–Crippen MR) is 103 cm³/mol. The maximum atomic E-state index is 14.7. The Labute approximate surface area is 153 Å². The molecule has 0 fully saturated rings. The molecule has 1 nitrogen and oxygen atoms in total. The molecule has 26 heavy (non-hydrogen) atoms. The van der Waals surface area contributed by atoms with E-state index in [1.165, 1.54) is 5.56 Å². The average molecular weight is 351 g/mol. The Bertz CT molecular complexity index is 868. The fourth-order valence-electron chi connectivity index (χ4n) is 3.00. The standard InChI is InChI=1S/C23H23F2N/c1-3-5-6-17-9-14-21(26-15-17)20-13-12-19(22(24)23(20)25)18-10-7-16(4-2)8-11-18/h7-15H,3-6H2,1-2H3. The molecule has 1 aromatic heterocycles. The van der Waals surface area contributed by atoms with E-state index in [0.29, 0.717) is 11.3 Å². The minimum Gasteiger partial charge on any atom is -0.256 e. The molecule has 1 heterocycles. The molecule has 0 saturated carbocycles. The van der Waals surface area contributed by atoms with Crippen LogP contribution in [0.1, 0.15) is 37.8 Å². The molecule has 0 aliphatic carbocycles. The number of aromatic nitrogens is 1. The minimum absolute atomic E-state index is 0.193. The highest BCUT2D eigenvalue weighted by Gasteiger charge is 2.16. The number of halogens is 2. The van der Waals surface area contributed by atoms with Gasteiger partial charge in [0.1, 0.15) is 0 Å². The normalized spacial score (nSPS) is 10.9. The summed E-state index contributed by atoms with van der Waals surface area (Å²) in [5, 5.41) is 0. The minimum atomic E-state index is -0.851. The molecule has 0 aliphatic heterocycles. The van der Waals surface area contributed by atoms with Crippen LogP contribution in [0.4, 0.5) is 8.78 Å². The van der Waals surface area contributed by atoms with Crippen molar-refractivity contribution in [1.29, 1.82) is 0 Å². The van der Waals surface area contributed by atoms with Crippen LogP contribution in [0.15, 0.2) is 54.7 Å². The number of pyridine rings is 1. The van der Waals surface area contributed by atoms with Crippen molar-refractivity contribution in [2.24, 2.45) is 0 Å². The summed E-state index contributed by atoms with van der Waals surface area (Å²) in [4.78, 5) is 4.32. The molecule has 0 bridgehead atoms. The monoisotopic (exact) mass is 351 g/mol. The largest absolute Gasteiger partial charge is 0.256 e. The maximum Gasteiger partial charge on any atom is 0.168 e. The van der Waals surface area contributed by atoms with Crippen molar-refractivity contribution in [3.63, 3.8) is 0 Å². The van der Waals surface area contributed by atoms with Gasteiger partial charge in [0.2, 0.25) is 0 Å². The lowest BCUT2D eigenvalue weighted by atomic mass is 9.99. The third-order valence-electron chi connectivity index (χ3n) is 4.68. The topological polar surface area (TPSA) is 12.9 Å². The van der Waals surface area contributed by atoms with Crippen LogP contribution in [-0.2, 0) is 12.8 Å². The van der Waals surface area contributed by atoms with Gasteiger partial charge in [-0.2, -0.15) is 0 Å². The predicted octanol–water partition coefficient (Wildman–Crippen LogP) is 6.60. The van der Waals surface area contributed by atoms with Gasteiger partial charge in [-0.1, -0.05) is 56.7 Å². The molecule has 0 aliphatic rings. The molecule has 0 saturated heterocycles. The van der Waals surface area contributed by atoms with Crippen LogP contribution < -0.4 is 0 Å². The van der Waals surface area contributed by atoms with Crippen molar-refractivity contribution in [2.75, 3.05) is 0 Å². The van der Waals surface area contributed by atoms with Gasteiger partial charge in [0.15, 0.2) is 11.6 Å². The lowest BCUT2D eigenvalue weighted by Crippen LogP contribution is -1.96.